The number of halogens is 3. The highest BCUT2D eigenvalue weighted by Crippen LogP contribution is 2.18. The van der Waals surface area contributed by atoms with Crippen LogP contribution in [-0.4, -0.2) is 58.5 Å². The molecule has 0 rings (SSSR count). The number of urea groups is 1. The van der Waals surface area contributed by atoms with Gasteiger partial charge in [0.15, 0.2) is 0 Å². The summed E-state index contributed by atoms with van der Waals surface area (Å²) in [5.41, 5.74) is 0. The first-order chi connectivity index (χ1) is 8.58. The van der Waals surface area contributed by atoms with E-state index < -0.39 is 43.4 Å². The van der Waals surface area contributed by atoms with Crippen LogP contribution in [0, 0.1) is 0 Å². The lowest BCUT2D eigenvalue weighted by Gasteiger charge is -2.29. The Balaban J connectivity index is 4.76. The molecule has 0 aliphatic rings. The van der Waals surface area contributed by atoms with Crippen molar-refractivity contribution in [2.75, 3.05) is 13.2 Å². The van der Waals surface area contributed by atoms with Crippen molar-refractivity contribution in [1.29, 1.82) is 0 Å². The van der Waals surface area contributed by atoms with Crippen molar-refractivity contribution in [2.24, 2.45) is 0 Å². The minimum absolute atomic E-state index is 0.279. The van der Waals surface area contributed by atoms with Crippen LogP contribution in [0.1, 0.15) is 20.3 Å². The smallest absolute Gasteiger partial charge is 0.406 e. The molecule has 112 valence electrons. The predicted molar refractivity (Wildman–Crippen MR) is 59.6 cm³/mol. The zero-order valence-electron chi connectivity index (χ0n) is 10.6. The van der Waals surface area contributed by atoms with Gasteiger partial charge in [0.2, 0.25) is 0 Å². The van der Waals surface area contributed by atoms with Gasteiger partial charge in [-0.05, 0) is 13.8 Å². The summed E-state index contributed by atoms with van der Waals surface area (Å²) >= 11 is 0. The fourth-order valence-corrected chi connectivity index (χ4v) is 1.30. The topological polar surface area (TPSA) is 89.9 Å². The zero-order valence-corrected chi connectivity index (χ0v) is 10.6. The molecule has 0 unspecified atom stereocenters. The fourth-order valence-electron chi connectivity index (χ4n) is 1.30. The quantitative estimate of drug-likeness (QED) is 0.674. The monoisotopic (exact) mass is 286 g/mol. The number of aliphatic hydroxyl groups is 1. The number of hydrogen-bond acceptors (Lipinski definition) is 3. The van der Waals surface area contributed by atoms with Crippen LogP contribution in [0.25, 0.3) is 0 Å². The number of nitrogens with zero attached hydrogens (tertiary/aromatic N) is 1. The number of carbonyl (C=O) groups is 2. The van der Waals surface area contributed by atoms with Gasteiger partial charge in [-0.1, -0.05) is 0 Å². The molecule has 0 spiro atoms. The van der Waals surface area contributed by atoms with Crippen LogP contribution in [0.15, 0.2) is 0 Å². The van der Waals surface area contributed by atoms with Crippen molar-refractivity contribution in [3.8, 4) is 0 Å². The van der Waals surface area contributed by atoms with Gasteiger partial charge >= 0.3 is 18.2 Å². The van der Waals surface area contributed by atoms with E-state index in [0.717, 1.165) is 0 Å². The first-order valence-corrected chi connectivity index (χ1v) is 5.56. The first kappa shape index (κ1) is 17.5. The van der Waals surface area contributed by atoms with Crippen molar-refractivity contribution in [3.05, 3.63) is 0 Å². The minimum Gasteiger partial charge on any atom is -0.480 e. The number of nitrogens with one attached hydrogen (secondary N) is 1. The van der Waals surface area contributed by atoms with Gasteiger partial charge < -0.3 is 20.4 Å². The van der Waals surface area contributed by atoms with Crippen molar-refractivity contribution in [1.82, 2.24) is 10.2 Å². The second kappa shape index (κ2) is 7.17. The molecule has 0 aromatic rings. The van der Waals surface area contributed by atoms with Crippen LogP contribution in [-0.2, 0) is 4.79 Å². The van der Waals surface area contributed by atoms with E-state index in [1.54, 1.807) is 0 Å². The summed E-state index contributed by atoms with van der Waals surface area (Å²) in [4.78, 5) is 22.8. The lowest BCUT2D eigenvalue weighted by molar-refractivity contribution is -0.143. The molecule has 6 nitrogen and oxygen atoms in total. The van der Waals surface area contributed by atoms with Gasteiger partial charge in [0.25, 0.3) is 0 Å². The molecule has 2 amide bonds. The SMILES string of the molecule is CC(C)N(CC(F)(F)F)C(=O)N[C@H](CCO)C(=O)O. The van der Waals surface area contributed by atoms with E-state index in [2.05, 4.69) is 0 Å². The third kappa shape index (κ3) is 6.85. The molecule has 0 saturated carbocycles. The maximum Gasteiger partial charge on any atom is 0.406 e. The Bertz CT molecular complexity index is 320. The average Bonchev–Trinajstić information content (AvgIpc) is 2.23. The third-order valence-corrected chi connectivity index (χ3v) is 2.25. The van der Waals surface area contributed by atoms with E-state index in [1.165, 1.54) is 13.8 Å². The van der Waals surface area contributed by atoms with Crippen LogP contribution >= 0.6 is 0 Å². The molecule has 0 bridgehead atoms. The summed E-state index contributed by atoms with van der Waals surface area (Å²) in [6.45, 7) is 0.792. The van der Waals surface area contributed by atoms with Crippen molar-refractivity contribution in [3.63, 3.8) is 0 Å². The molecule has 0 saturated heterocycles. The molecule has 19 heavy (non-hydrogen) atoms. The summed E-state index contributed by atoms with van der Waals surface area (Å²) in [6, 6.07) is -3.30. The Morgan fingerprint density at radius 1 is 1.32 bits per heavy atom. The van der Waals surface area contributed by atoms with Crippen LogP contribution < -0.4 is 5.32 Å². The summed E-state index contributed by atoms with van der Waals surface area (Å²) < 4.78 is 36.9. The van der Waals surface area contributed by atoms with Gasteiger partial charge in [-0.25, -0.2) is 9.59 Å². The van der Waals surface area contributed by atoms with Gasteiger partial charge in [-0.3, -0.25) is 0 Å². The van der Waals surface area contributed by atoms with Gasteiger partial charge in [0, 0.05) is 19.1 Å². The van der Waals surface area contributed by atoms with Crippen LogP contribution in [0.3, 0.4) is 0 Å². The average molecular weight is 286 g/mol. The number of aliphatic carboxylic acids is 1. The Hall–Kier alpha value is -1.51. The second-order valence-electron chi connectivity index (χ2n) is 4.19. The van der Waals surface area contributed by atoms with Gasteiger partial charge in [-0.15, -0.1) is 0 Å². The standard InChI is InChI=1S/C10H17F3N2O4/c1-6(2)15(5-10(11,12)13)9(19)14-7(3-4-16)8(17)18/h6-7,16H,3-5H2,1-2H3,(H,14,19)(H,17,18)/t7-/m1/s1. The summed E-state index contributed by atoms with van der Waals surface area (Å²) in [5.74, 6) is -1.42. The molecular formula is C10H17F3N2O4. The second-order valence-corrected chi connectivity index (χ2v) is 4.19. The molecule has 0 fully saturated rings. The van der Waals surface area contributed by atoms with E-state index in [0.29, 0.717) is 4.90 Å². The summed E-state index contributed by atoms with van der Waals surface area (Å²) in [5, 5.41) is 19.3. The van der Waals surface area contributed by atoms with E-state index in [1.807, 2.05) is 5.32 Å². The van der Waals surface area contributed by atoms with Gasteiger partial charge in [-0.2, -0.15) is 13.2 Å². The zero-order chi connectivity index (χ0) is 15.2. The van der Waals surface area contributed by atoms with Crippen molar-refractivity contribution >= 4 is 12.0 Å². The predicted octanol–water partition coefficient (Wildman–Crippen LogP) is 0.804. The van der Waals surface area contributed by atoms with E-state index in [9.17, 15) is 22.8 Å². The van der Waals surface area contributed by atoms with E-state index in [4.69, 9.17) is 10.2 Å². The molecule has 0 radical (unpaired) electrons. The molecule has 1 atom stereocenters. The van der Waals surface area contributed by atoms with E-state index >= 15 is 0 Å². The Morgan fingerprint density at radius 3 is 2.16 bits per heavy atom. The number of hydrogen-bond donors (Lipinski definition) is 3. The lowest BCUT2D eigenvalue weighted by atomic mass is 10.2. The van der Waals surface area contributed by atoms with Crippen LogP contribution in [0.5, 0.6) is 0 Å². The molecule has 9 heteroatoms. The van der Waals surface area contributed by atoms with Gasteiger partial charge in [0.1, 0.15) is 12.6 Å². The third-order valence-electron chi connectivity index (χ3n) is 2.25. The number of carboxylic acid groups (broad SMARTS) is 1. The Morgan fingerprint density at radius 2 is 1.84 bits per heavy atom. The Labute approximate surface area is 108 Å². The number of alkyl halides is 3. The molecule has 3 N–H and O–H groups in total. The van der Waals surface area contributed by atoms with Crippen molar-refractivity contribution in [2.45, 2.75) is 38.5 Å². The van der Waals surface area contributed by atoms with Gasteiger partial charge in [0.05, 0.1) is 0 Å². The van der Waals surface area contributed by atoms with Crippen LogP contribution in [0.2, 0.25) is 0 Å². The highest BCUT2D eigenvalue weighted by Gasteiger charge is 2.35. The minimum atomic E-state index is -4.57. The van der Waals surface area contributed by atoms with Crippen molar-refractivity contribution < 1.29 is 33.0 Å². The largest absolute Gasteiger partial charge is 0.480 e. The maximum atomic E-state index is 12.3. The number of aliphatic hydroxyl groups excluding tert-OH is 1. The van der Waals surface area contributed by atoms with E-state index in [-0.39, 0.29) is 6.42 Å². The first-order valence-electron chi connectivity index (χ1n) is 5.56. The number of carboxylic acids is 1. The highest BCUT2D eigenvalue weighted by atomic mass is 19.4. The molecule has 0 aliphatic carbocycles. The molecule has 0 heterocycles. The number of carbonyl (C=O) groups excluding carboxylic acids is 1. The summed E-state index contributed by atoms with van der Waals surface area (Å²) in [7, 11) is 0. The fraction of sp³-hybridized carbons (Fsp3) is 0.800. The maximum absolute atomic E-state index is 12.3. The molecular weight excluding hydrogens is 269 g/mol. The number of rotatable bonds is 6. The normalized spacial score (nSPS) is 13.2. The number of amides is 2. The lowest BCUT2D eigenvalue weighted by Crippen LogP contribution is -2.52. The molecule has 0 aromatic heterocycles. The molecule has 0 aliphatic heterocycles. The molecule has 0 aromatic carbocycles. The summed E-state index contributed by atoms with van der Waals surface area (Å²) in [6.07, 6.45) is -4.85. The highest BCUT2D eigenvalue weighted by molar-refractivity contribution is 5.82. The van der Waals surface area contributed by atoms with Crippen LogP contribution in [0.4, 0.5) is 18.0 Å². The Kier molecular flexibility index (Phi) is 6.60.